The first kappa shape index (κ1) is 19.4. The third-order valence-corrected chi connectivity index (χ3v) is 6.08. The number of rotatable bonds is 3. The normalized spacial score (nSPS) is 11.2. The SMILES string of the molecule is CCc1ccccc1-n1c(=C(C#N)C#N)s/c(=C/c2cccc3ccccc23)c1=O. The van der Waals surface area contributed by atoms with Gasteiger partial charge in [0.2, 0.25) is 0 Å². The lowest BCUT2D eigenvalue weighted by Gasteiger charge is -2.08. The van der Waals surface area contributed by atoms with E-state index in [9.17, 15) is 15.3 Å². The summed E-state index contributed by atoms with van der Waals surface area (Å²) in [7, 11) is 0. The van der Waals surface area contributed by atoms with Gasteiger partial charge in [0.15, 0.2) is 5.57 Å². The molecule has 0 amide bonds. The van der Waals surface area contributed by atoms with E-state index in [1.165, 1.54) is 15.9 Å². The van der Waals surface area contributed by atoms with E-state index in [1.807, 2.05) is 91.9 Å². The lowest BCUT2D eigenvalue weighted by atomic mass is 10.0. The molecule has 30 heavy (non-hydrogen) atoms. The van der Waals surface area contributed by atoms with E-state index in [0.29, 0.717) is 14.9 Å². The number of hydrogen-bond acceptors (Lipinski definition) is 4. The Hall–Kier alpha value is -3.93. The first-order valence-electron chi connectivity index (χ1n) is 9.52. The highest BCUT2D eigenvalue weighted by Crippen LogP contribution is 2.19. The van der Waals surface area contributed by atoms with Crippen LogP contribution in [0.5, 0.6) is 0 Å². The second-order valence-electron chi connectivity index (χ2n) is 6.71. The molecule has 1 heterocycles. The number of para-hydroxylation sites is 1. The molecular formula is C25H17N3OS. The summed E-state index contributed by atoms with van der Waals surface area (Å²) in [5, 5.41) is 21.1. The molecule has 4 rings (SSSR count). The average molecular weight is 407 g/mol. The van der Waals surface area contributed by atoms with E-state index in [0.717, 1.165) is 28.3 Å². The maximum Gasteiger partial charge on any atom is 0.273 e. The Morgan fingerprint density at radius 2 is 1.70 bits per heavy atom. The lowest BCUT2D eigenvalue weighted by Crippen LogP contribution is -2.31. The predicted molar refractivity (Wildman–Crippen MR) is 121 cm³/mol. The van der Waals surface area contributed by atoms with Gasteiger partial charge in [-0.2, -0.15) is 10.5 Å². The molecule has 5 heteroatoms. The van der Waals surface area contributed by atoms with Gasteiger partial charge in [-0.1, -0.05) is 67.6 Å². The van der Waals surface area contributed by atoms with Crippen molar-refractivity contribution in [2.75, 3.05) is 0 Å². The molecule has 0 saturated carbocycles. The standard InChI is InChI=1S/C25H17N3OS/c1-2-17-8-4-6-13-22(17)28-24(29)23(30-25(28)20(15-26)16-27)14-19-11-7-10-18-9-3-5-12-21(18)19/h3-14H,2H2,1H3/b23-14+. The van der Waals surface area contributed by atoms with Crippen molar-refractivity contribution >= 4 is 33.8 Å². The van der Waals surface area contributed by atoms with Gasteiger partial charge in [-0.25, -0.2) is 0 Å². The van der Waals surface area contributed by atoms with Crippen LogP contribution in [0.15, 0.2) is 71.5 Å². The van der Waals surface area contributed by atoms with E-state index >= 15 is 0 Å². The van der Waals surface area contributed by atoms with Crippen molar-refractivity contribution in [2.24, 2.45) is 0 Å². The van der Waals surface area contributed by atoms with Crippen molar-refractivity contribution < 1.29 is 0 Å². The van der Waals surface area contributed by atoms with Crippen molar-refractivity contribution in [1.82, 2.24) is 4.57 Å². The quantitative estimate of drug-likeness (QED) is 0.521. The molecule has 0 unspecified atom stereocenters. The number of benzene rings is 3. The largest absolute Gasteiger partial charge is 0.273 e. The molecular weight excluding hydrogens is 390 g/mol. The number of nitriles is 2. The maximum atomic E-state index is 13.4. The summed E-state index contributed by atoms with van der Waals surface area (Å²) < 4.78 is 2.34. The molecule has 0 fully saturated rings. The summed E-state index contributed by atoms with van der Waals surface area (Å²) in [6, 6.07) is 25.4. The fourth-order valence-corrected chi connectivity index (χ4v) is 4.57. The van der Waals surface area contributed by atoms with E-state index < -0.39 is 0 Å². The summed E-state index contributed by atoms with van der Waals surface area (Å²) in [6.07, 6.45) is 2.57. The summed E-state index contributed by atoms with van der Waals surface area (Å²) in [5.41, 5.74) is 2.30. The molecule has 0 aliphatic rings. The van der Waals surface area contributed by atoms with Gasteiger partial charge in [-0.3, -0.25) is 9.36 Å². The molecule has 0 atom stereocenters. The minimum Gasteiger partial charge on any atom is -0.267 e. The van der Waals surface area contributed by atoms with Crippen LogP contribution in [-0.4, -0.2) is 4.57 Å². The van der Waals surface area contributed by atoms with Gasteiger partial charge in [0, 0.05) is 0 Å². The van der Waals surface area contributed by atoms with Crippen molar-refractivity contribution in [3.63, 3.8) is 0 Å². The molecule has 0 bridgehead atoms. The zero-order valence-corrected chi connectivity index (χ0v) is 17.1. The van der Waals surface area contributed by atoms with Gasteiger partial charge >= 0.3 is 0 Å². The fraction of sp³-hybridized carbons (Fsp3) is 0.0800. The van der Waals surface area contributed by atoms with Crippen LogP contribution in [0.3, 0.4) is 0 Å². The highest BCUT2D eigenvalue weighted by atomic mass is 32.1. The van der Waals surface area contributed by atoms with Gasteiger partial charge in [-0.05, 0) is 40.5 Å². The van der Waals surface area contributed by atoms with E-state index in [1.54, 1.807) is 0 Å². The smallest absolute Gasteiger partial charge is 0.267 e. The molecule has 0 saturated heterocycles. The maximum absolute atomic E-state index is 13.4. The second kappa shape index (κ2) is 8.21. The zero-order chi connectivity index (χ0) is 21.1. The van der Waals surface area contributed by atoms with Crippen LogP contribution in [0.2, 0.25) is 0 Å². The molecule has 0 N–H and O–H groups in total. The lowest BCUT2D eigenvalue weighted by molar-refractivity contribution is 0.953. The number of fused-ring (bicyclic) bond motifs is 1. The number of aromatic nitrogens is 1. The highest BCUT2D eigenvalue weighted by Gasteiger charge is 2.13. The first-order valence-corrected chi connectivity index (χ1v) is 10.3. The minimum absolute atomic E-state index is 0.0689. The molecule has 144 valence electrons. The molecule has 1 aromatic heterocycles. The number of nitrogens with zero attached hydrogens (tertiary/aromatic N) is 3. The number of hydrogen-bond donors (Lipinski definition) is 0. The van der Waals surface area contributed by atoms with Crippen molar-refractivity contribution in [3.8, 4) is 17.8 Å². The van der Waals surface area contributed by atoms with Gasteiger partial charge in [-0.15, -0.1) is 11.3 Å². The first-order chi connectivity index (χ1) is 14.7. The second-order valence-corrected chi connectivity index (χ2v) is 7.74. The Balaban J connectivity index is 2.11. The number of thiazole rings is 1. The van der Waals surface area contributed by atoms with E-state index in [-0.39, 0.29) is 11.1 Å². The Kier molecular flexibility index (Phi) is 5.30. The molecule has 3 aromatic carbocycles. The van der Waals surface area contributed by atoms with Crippen LogP contribution >= 0.6 is 11.3 Å². The molecule has 4 aromatic rings. The average Bonchev–Trinajstić information content (AvgIpc) is 3.10. The van der Waals surface area contributed by atoms with Crippen LogP contribution in [0.4, 0.5) is 0 Å². The minimum atomic E-state index is -0.230. The summed E-state index contributed by atoms with van der Waals surface area (Å²) >= 11 is 1.17. The predicted octanol–water partition coefficient (Wildman–Crippen LogP) is 3.64. The van der Waals surface area contributed by atoms with E-state index in [2.05, 4.69) is 0 Å². The molecule has 4 nitrogen and oxygen atoms in total. The fourth-order valence-electron chi connectivity index (χ4n) is 3.53. The zero-order valence-electron chi connectivity index (χ0n) is 16.3. The molecule has 0 spiro atoms. The van der Waals surface area contributed by atoms with Crippen molar-refractivity contribution in [1.29, 1.82) is 10.5 Å². The van der Waals surface area contributed by atoms with Crippen LogP contribution in [0, 0.1) is 22.7 Å². The highest BCUT2D eigenvalue weighted by molar-refractivity contribution is 7.07. The third kappa shape index (κ3) is 3.33. The third-order valence-electron chi connectivity index (χ3n) is 4.98. The summed E-state index contributed by atoms with van der Waals surface area (Å²) in [4.78, 5) is 13.4. The van der Waals surface area contributed by atoms with Gasteiger partial charge in [0.1, 0.15) is 16.8 Å². The van der Waals surface area contributed by atoms with Crippen LogP contribution < -0.4 is 14.8 Å². The Labute approximate surface area is 177 Å². The Bertz CT molecular complexity index is 1510. The van der Waals surface area contributed by atoms with Gasteiger partial charge in [0.05, 0.1) is 10.2 Å². The number of aryl methyl sites for hydroxylation is 1. The van der Waals surface area contributed by atoms with Crippen molar-refractivity contribution in [2.45, 2.75) is 13.3 Å². The van der Waals surface area contributed by atoms with Gasteiger partial charge in [0.25, 0.3) is 5.56 Å². The molecule has 0 aliphatic heterocycles. The Morgan fingerprint density at radius 1 is 1.00 bits per heavy atom. The topological polar surface area (TPSA) is 69.6 Å². The van der Waals surface area contributed by atoms with Crippen LogP contribution in [-0.2, 0) is 6.42 Å². The van der Waals surface area contributed by atoms with Crippen LogP contribution in [0.25, 0.3) is 28.1 Å². The van der Waals surface area contributed by atoms with Crippen LogP contribution in [0.1, 0.15) is 18.1 Å². The summed E-state index contributed by atoms with van der Waals surface area (Å²) in [5.74, 6) is 0. The van der Waals surface area contributed by atoms with Gasteiger partial charge < -0.3 is 0 Å². The van der Waals surface area contributed by atoms with Crippen molar-refractivity contribution in [3.05, 3.63) is 97.4 Å². The Morgan fingerprint density at radius 3 is 2.47 bits per heavy atom. The molecule has 0 aliphatic carbocycles. The summed E-state index contributed by atoms with van der Waals surface area (Å²) in [6.45, 7) is 2.01. The monoisotopic (exact) mass is 407 g/mol. The molecule has 0 radical (unpaired) electrons. The van der Waals surface area contributed by atoms with E-state index in [4.69, 9.17) is 0 Å².